The molecular weight excluding hydrogens is 374 g/mol. The second-order valence-electron chi connectivity index (χ2n) is 7.39. The van der Waals surface area contributed by atoms with Crippen molar-refractivity contribution in [2.24, 2.45) is 21.9 Å². The number of imide groups is 1. The highest BCUT2D eigenvalue weighted by Crippen LogP contribution is 2.22. The third-order valence-electron chi connectivity index (χ3n) is 4.34. The lowest BCUT2D eigenvalue weighted by Crippen LogP contribution is -2.47. The molecule has 0 aliphatic rings. The lowest BCUT2D eigenvalue weighted by molar-refractivity contribution is -0.150. The van der Waals surface area contributed by atoms with Crippen LogP contribution in [0.2, 0.25) is 0 Å². The second-order valence-corrected chi connectivity index (χ2v) is 7.39. The van der Waals surface area contributed by atoms with Crippen LogP contribution < -0.4 is 16.8 Å². The van der Waals surface area contributed by atoms with E-state index in [-0.39, 0.29) is 18.9 Å². The number of nitrogens with one attached hydrogen (secondary N) is 1. The Morgan fingerprint density at radius 1 is 1.14 bits per heavy atom. The maximum atomic E-state index is 12.7. The Bertz CT molecular complexity index is 715. The Kier molecular flexibility index (Phi) is 9.64. The topological polar surface area (TPSA) is 151 Å². The van der Waals surface area contributed by atoms with Crippen molar-refractivity contribution in [2.75, 3.05) is 19.6 Å². The van der Waals surface area contributed by atoms with Crippen LogP contribution >= 0.6 is 0 Å². The van der Waals surface area contributed by atoms with Crippen LogP contribution in [-0.4, -0.2) is 53.5 Å². The zero-order chi connectivity index (χ0) is 21.9. The van der Waals surface area contributed by atoms with Gasteiger partial charge in [0.2, 0.25) is 5.91 Å². The summed E-state index contributed by atoms with van der Waals surface area (Å²) in [6.45, 7) is 3.91. The quantitative estimate of drug-likeness (QED) is 0.248. The van der Waals surface area contributed by atoms with Crippen LogP contribution in [0.25, 0.3) is 0 Å². The normalized spacial score (nSPS) is 10.8. The fraction of sp³-hybridized carbons (Fsp3) is 0.500. The molecule has 0 saturated carbocycles. The van der Waals surface area contributed by atoms with E-state index in [1.165, 1.54) is 13.8 Å². The van der Waals surface area contributed by atoms with E-state index >= 15 is 0 Å². The van der Waals surface area contributed by atoms with Gasteiger partial charge in [-0.1, -0.05) is 30.3 Å². The molecule has 0 aliphatic heterocycles. The number of amides is 3. The van der Waals surface area contributed by atoms with Gasteiger partial charge >= 0.3 is 12.0 Å². The van der Waals surface area contributed by atoms with Crippen molar-refractivity contribution in [3.8, 4) is 0 Å². The maximum Gasteiger partial charge on any atom is 0.324 e. The predicted octanol–water partition coefficient (Wildman–Crippen LogP) is 1.32. The van der Waals surface area contributed by atoms with Crippen molar-refractivity contribution in [1.29, 1.82) is 0 Å². The van der Waals surface area contributed by atoms with Gasteiger partial charge in [-0.3, -0.25) is 19.5 Å². The molecule has 0 heterocycles. The number of carboxylic acids is 1. The number of nitrogens with zero attached hydrogens (tertiary/aromatic N) is 2. The van der Waals surface area contributed by atoms with Gasteiger partial charge in [0.15, 0.2) is 5.96 Å². The van der Waals surface area contributed by atoms with Gasteiger partial charge in [0.05, 0.1) is 5.41 Å². The zero-order valence-corrected chi connectivity index (χ0v) is 17.1. The van der Waals surface area contributed by atoms with Gasteiger partial charge in [-0.05, 0) is 38.7 Å². The molecule has 1 aromatic carbocycles. The molecule has 1 rings (SSSR count). The number of nitrogens with two attached hydrogens (primary N) is 2. The van der Waals surface area contributed by atoms with E-state index in [0.29, 0.717) is 32.4 Å². The fourth-order valence-electron chi connectivity index (χ4n) is 2.51. The molecule has 0 unspecified atom stereocenters. The van der Waals surface area contributed by atoms with Crippen LogP contribution in [0.15, 0.2) is 35.3 Å². The third-order valence-corrected chi connectivity index (χ3v) is 4.34. The summed E-state index contributed by atoms with van der Waals surface area (Å²) in [5.41, 5.74) is 10.2. The first-order valence-electron chi connectivity index (χ1n) is 9.54. The van der Waals surface area contributed by atoms with Crippen molar-refractivity contribution in [3.05, 3.63) is 35.9 Å². The highest BCUT2D eigenvalue weighted by atomic mass is 16.4. The van der Waals surface area contributed by atoms with Crippen molar-refractivity contribution in [1.82, 2.24) is 10.2 Å². The molecule has 0 radical (unpaired) electrons. The van der Waals surface area contributed by atoms with Gasteiger partial charge in [0, 0.05) is 26.1 Å². The molecule has 0 bridgehead atoms. The number of benzene rings is 1. The Labute approximate surface area is 171 Å². The molecule has 9 heteroatoms. The molecule has 0 aliphatic carbocycles. The molecule has 29 heavy (non-hydrogen) atoms. The molecule has 0 fully saturated rings. The molecule has 1 aromatic rings. The molecule has 6 N–H and O–H groups in total. The molecule has 0 spiro atoms. The lowest BCUT2D eigenvalue weighted by Gasteiger charge is -2.25. The first-order chi connectivity index (χ1) is 13.6. The standard InChI is InChI=1S/C20H31N5O4/c1-20(2,17(27)28)14-16(26)25(13-10-15-8-4-3-5-9-15)19(29)24-12-7-6-11-23-18(21)22/h3-5,8-9H,6-7,10-14H2,1-2H3,(H,24,29)(H,27,28)(H4,21,22,23). The smallest absolute Gasteiger partial charge is 0.324 e. The Morgan fingerprint density at radius 2 is 1.79 bits per heavy atom. The van der Waals surface area contributed by atoms with Crippen LogP contribution in [0.4, 0.5) is 4.79 Å². The van der Waals surface area contributed by atoms with E-state index in [9.17, 15) is 19.5 Å². The molecule has 0 aromatic heterocycles. The lowest BCUT2D eigenvalue weighted by atomic mass is 9.89. The minimum absolute atomic E-state index is 0.0211. The van der Waals surface area contributed by atoms with Crippen LogP contribution in [-0.2, 0) is 16.0 Å². The summed E-state index contributed by atoms with van der Waals surface area (Å²) in [6.07, 6.45) is 1.54. The summed E-state index contributed by atoms with van der Waals surface area (Å²) in [6, 6.07) is 8.93. The minimum atomic E-state index is -1.26. The van der Waals surface area contributed by atoms with Crippen molar-refractivity contribution >= 4 is 23.9 Å². The minimum Gasteiger partial charge on any atom is -0.481 e. The molecular formula is C20H31N5O4. The molecule has 160 valence electrons. The Hall–Kier alpha value is -3.10. The Balaban J connectivity index is 2.70. The summed E-state index contributed by atoms with van der Waals surface area (Å²) in [5, 5.41) is 12.0. The maximum absolute atomic E-state index is 12.7. The first kappa shape index (κ1) is 23.9. The SMILES string of the molecule is CC(C)(CC(=O)N(CCc1ccccc1)C(=O)NCCCCN=C(N)N)C(=O)O. The average molecular weight is 405 g/mol. The third kappa shape index (κ3) is 9.09. The number of unbranched alkanes of at least 4 members (excludes halogenated alkanes) is 1. The van der Waals surface area contributed by atoms with Gasteiger partial charge < -0.3 is 21.9 Å². The van der Waals surface area contributed by atoms with Crippen LogP contribution in [0.1, 0.15) is 38.7 Å². The predicted molar refractivity (Wildman–Crippen MR) is 111 cm³/mol. The van der Waals surface area contributed by atoms with Crippen LogP contribution in [0.3, 0.4) is 0 Å². The van der Waals surface area contributed by atoms with E-state index in [4.69, 9.17) is 11.5 Å². The summed E-state index contributed by atoms with van der Waals surface area (Å²) in [7, 11) is 0. The second kappa shape index (κ2) is 11.7. The number of aliphatic imine (C=N–C) groups is 1. The van der Waals surface area contributed by atoms with Crippen molar-refractivity contribution in [3.63, 3.8) is 0 Å². The van der Waals surface area contributed by atoms with Crippen LogP contribution in [0.5, 0.6) is 0 Å². The van der Waals surface area contributed by atoms with Gasteiger partial charge in [-0.25, -0.2) is 4.79 Å². The van der Waals surface area contributed by atoms with E-state index in [1.54, 1.807) is 0 Å². The molecule has 9 nitrogen and oxygen atoms in total. The van der Waals surface area contributed by atoms with Gasteiger partial charge in [-0.2, -0.15) is 0 Å². The zero-order valence-electron chi connectivity index (χ0n) is 17.1. The average Bonchev–Trinajstić information content (AvgIpc) is 2.64. The highest BCUT2D eigenvalue weighted by Gasteiger charge is 2.33. The summed E-state index contributed by atoms with van der Waals surface area (Å²) >= 11 is 0. The number of guanidine groups is 1. The number of urea groups is 1. The number of carbonyl (C=O) groups is 3. The summed E-state index contributed by atoms with van der Waals surface area (Å²) in [4.78, 5) is 41.6. The van der Waals surface area contributed by atoms with Crippen molar-refractivity contribution in [2.45, 2.75) is 39.5 Å². The van der Waals surface area contributed by atoms with E-state index in [2.05, 4.69) is 10.3 Å². The molecule has 3 amide bonds. The van der Waals surface area contributed by atoms with Gasteiger partial charge in [-0.15, -0.1) is 0 Å². The largest absolute Gasteiger partial charge is 0.481 e. The highest BCUT2D eigenvalue weighted by molar-refractivity contribution is 5.96. The monoisotopic (exact) mass is 405 g/mol. The first-order valence-corrected chi connectivity index (χ1v) is 9.54. The fourth-order valence-corrected chi connectivity index (χ4v) is 2.51. The number of carboxylic acid groups (broad SMARTS) is 1. The number of carbonyl (C=O) groups excluding carboxylic acids is 2. The summed E-state index contributed by atoms with van der Waals surface area (Å²) < 4.78 is 0. The van der Waals surface area contributed by atoms with Gasteiger partial charge in [0.1, 0.15) is 0 Å². The Morgan fingerprint density at radius 3 is 2.38 bits per heavy atom. The number of hydrogen-bond donors (Lipinski definition) is 4. The van der Waals surface area contributed by atoms with Gasteiger partial charge in [0.25, 0.3) is 0 Å². The van der Waals surface area contributed by atoms with E-state index < -0.39 is 23.3 Å². The summed E-state index contributed by atoms with van der Waals surface area (Å²) in [5.74, 6) is -1.59. The van der Waals surface area contributed by atoms with E-state index in [0.717, 1.165) is 10.5 Å². The van der Waals surface area contributed by atoms with E-state index in [1.807, 2.05) is 30.3 Å². The van der Waals surface area contributed by atoms with Crippen LogP contribution in [0, 0.1) is 5.41 Å². The number of hydrogen-bond acceptors (Lipinski definition) is 4. The molecule has 0 saturated heterocycles. The van der Waals surface area contributed by atoms with Crippen molar-refractivity contribution < 1.29 is 19.5 Å². The molecule has 0 atom stereocenters. The number of aliphatic carboxylic acids is 1. The number of rotatable bonds is 11.